The molecule has 1 aliphatic rings. The normalized spacial score (nSPS) is 16.0. The largest absolute Gasteiger partial charge is 0.357 e. The maximum absolute atomic E-state index is 12.6. The monoisotopic (exact) mass is 467 g/mol. The number of nitrogens with zero attached hydrogens (tertiary/aromatic N) is 3. The van der Waals surface area contributed by atoms with Gasteiger partial charge in [0.1, 0.15) is 0 Å². The zero-order valence-electron chi connectivity index (χ0n) is 16.2. The molecule has 0 unspecified atom stereocenters. The van der Waals surface area contributed by atoms with Gasteiger partial charge in [-0.15, -0.1) is 24.0 Å². The molecule has 25 heavy (non-hydrogen) atoms. The summed E-state index contributed by atoms with van der Waals surface area (Å²) in [7, 11) is 7.11. The molecule has 0 aromatic rings. The van der Waals surface area contributed by atoms with Crippen LogP contribution in [-0.4, -0.2) is 75.4 Å². The maximum atomic E-state index is 12.6. The van der Waals surface area contributed by atoms with Gasteiger partial charge in [-0.05, 0) is 19.8 Å². The van der Waals surface area contributed by atoms with Gasteiger partial charge in [0, 0.05) is 47.7 Å². The standard InChI is InChI=1S/C17H33N5O2.HI/c1-6-18-16(19-12-9-14(23)21(2)3)20-13-17(10-7-8-11-17)15(24)22(4)5;/h6-13H2,1-5H3,(H2,18,19,20);1H. The molecule has 146 valence electrons. The minimum absolute atomic E-state index is 0. The number of rotatable bonds is 7. The van der Waals surface area contributed by atoms with E-state index in [-0.39, 0.29) is 41.2 Å². The van der Waals surface area contributed by atoms with Gasteiger partial charge in [0.2, 0.25) is 11.8 Å². The van der Waals surface area contributed by atoms with Crippen molar-refractivity contribution in [1.29, 1.82) is 0 Å². The van der Waals surface area contributed by atoms with E-state index in [9.17, 15) is 9.59 Å². The molecule has 0 spiro atoms. The summed E-state index contributed by atoms with van der Waals surface area (Å²) in [5.41, 5.74) is -0.370. The van der Waals surface area contributed by atoms with Crippen molar-refractivity contribution in [2.45, 2.75) is 39.0 Å². The molecule has 0 aromatic carbocycles. The van der Waals surface area contributed by atoms with Gasteiger partial charge in [0.15, 0.2) is 5.96 Å². The lowest BCUT2D eigenvalue weighted by Crippen LogP contribution is -2.43. The predicted molar refractivity (Wildman–Crippen MR) is 112 cm³/mol. The Morgan fingerprint density at radius 1 is 1.04 bits per heavy atom. The van der Waals surface area contributed by atoms with E-state index in [0.717, 1.165) is 32.2 Å². The number of aliphatic imine (C=N–C) groups is 1. The number of hydrogen-bond acceptors (Lipinski definition) is 3. The molecule has 0 saturated heterocycles. The molecule has 1 saturated carbocycles. The summed E-state index contributed by atoms with van der Waals surface area (Å²) in [6, 6.07) is 0. The van der Waals surface area contributed by atoms with Gasteiger partial charge >= 0.3 is 0 Å². The van der Waals surface area contributed by atoms with Crippen molar-refractivity contribution in [1.82, 2.24) is 20.4 Å². The SMILES string of the molecule is CCNC(=NCC1(C(=O)N(C)C)CCCC1)NCCC(=O)N(C)C.I. The first-order valence-corrected chi connectivity index (χ1v) is 8.76. The predicted octanol–water partition coefficient (Wildman–Crippen LogP) is 1.29. The van der Waals surface area contributed by atoms with Gasteiger partial charge in [-0.3, -0.25) is 14.6 Å². The van der Waals surface area contributed by atoms with Crippen molar-refractivity contribution in [2.24, 2.45) is 10.4 Å². The fraction of sp³-hybridized carbons (Fsp3) is 0.824. The average molecular weight is 467 g/mol. The highest BCUT2D eigenvalue weighted by Gasteiger charge is 2.42. The van der Waals surface area contributed by atoms with Gasteiger partial charge in [-0.2, -0.15) is 0 Å². The smallest absolute Gasteiger partial charge is 0.230 e. The van der Waals surface area contributed by atoms with Crippen molar-refractivity contribution in [3.05, 3.63) is 0 Å². The zero-order chi connectivity index (χ0) is 18.2. The second kappa shape index (κ2) is 11.5. The van der Waals surface area contributed by atoms with Crippen LogP contribution in [-0.2, 0) is 9.59 Å². The van der Waals surface area contributed by atoms with Crippen LogP contribution in [0.5, 0.6) is 0 Å². The lowest BCUT2D eigenvalue weighted by molar-refractivity contribution is -0.138. The van der Waals surface area contributed by atoms with Crippen LogP contribution >= 0.6 is 24.0 Å². The second-order valence-corrected chi connectivity index (χ2v) is 6.85. The van der Waals surface area contributed by atoms with E-state index in [1.807, 2.05) is 21.0 Å². The molecule has 1 aliphatic carbocycles. The Kier molecular flexibility index (Phi) is 11.0. The Balaban J connectivity index is 0.00000576. The molecule has 0 bridgehead atoms. The third-order valence-corrected chi connectivity index (χ3v) is 4.43. The molecule has 0 atom stereocenters. The highest BCUT2D eigenvalue weighted by atomic mass is 127. The summed E-state index contributed by atoms with van der Waals surface area (Å²) in [6.07, 6.45) is 4.37. The molecule has 0 aliphatic heterocycles. The maximum Gasteiger partial charge on any atom is 0.230 e. The van der Waals surface area contributed by atoms with Crippen LogP contribution < -0.4 is 10.6 Å². The van der Waals surface area contributed by atoms with E-state index in [2.05, 4.69) is 15.6 Å². The van der Waals surface area contributed by atoms with E-state index < -0.39 is 0 Å². The highest BCUT2D eigenvalue weighted by Crippen LogP contribution is 2.39. The van der Waals surface area contributed by atoms with Crippen LogP contribution in [0.3, 0.4) is 0 Å². The fourth-order valence-corrected chi connectivity index (χ4v) is 3.05. The summed E-state index contributed by atoms with van der Waals surface area (Å²) in [5.74, 6) is 0.915. The third-order valence-electron chi connectivity index (χ3n) is 4.43. The molecule has 0 heterocycles. The van der Waals surface area contributed by atoms with E-state index in [4.69, 9.17) is 0 Å². The molecular formula is C17H34IN5O2. The van der Waals surface area contributed by atoms with E-state index in [0.29, 0.717) is 25.5 Å². The molecule has 2 N–H and O–H groups in total. The summed E-state index contributed by atoms with van der Waals surface area (Å²) in [6.45, 7) is 3.75. The lowest BCUT2D eigenvalue weighted by atomic mass is 9.85. The minimum Gasteiger partial charge on any atom is -0.357 e. The highest BCUT2D eigenvalue weighted by molar-refractivity contribution is 14.0. The Morgan fingerprint density at radius 2 is 1.64 bits per heavy atom. The first-order chi connectivity index (χ1) is 11.3. The van der Waals surface area contributed by atoms with Crippen LogP contribution in [0.25, 0.3) is 0 Å². The molecule has 7 nitrogen and oxygen atoms in total. The topological polar surface area (TPSA) is 77.0 Å². The van der Waals surface area contributed by atoms with Gasteiger partial charge in [-0.1, -0.05) is 12.8 Å². The molecule has 8 heteroatoms. The van der Waals surface area contributed by atoms with E-state index >= 15 is 0 Å². The minimum atomic E-state index is -0.370. The second-order valence-electron chi connectivity index (χ2n) is 6.85. The quantitative estimate of drug-likeness (QED) is 0.336. The van der Waals surface area contributed by atoms with Gasteiger partial charge < -0.3 is 20.4 Å². The number of hydrogen-bond donors (Lipinski definition) is 2. The summed E-state index contributed by atoms with van der Waals surface area (Å²) < 4.78 is 0. The van der Waals surface area contributed by atoms with E-state index in [1.54, 1.807) is 23.9 Å². The van der Waals surface area contributed by atoms with Crippen molar-refractivity contribution < 1.29 is 9.59 Å². The number of halogens is 1. The number of amides is 2. The van der Waals surface area contributed by atoms with Crippen LogP contribution in [0.2, 0.25) is 0 Å². The third kappa shape index (κ3) is 7.37. The zero-order valence-corrected chi connectivity index (χ0v) is 18.6. The molecular weight excluding hydrogens is 433 g/mol. The average Bonchev–Trinajstić information content (AvgIpc) is 3.01. The Bertz CT molecular complexity index is 460. The Hall–Kier alpha value is -1.06. The Morgan fingerprint density at radius 3 is 2.12 bits per heavy atom. The molecule has 0 radical (unpaired) electrons. The lowest BCUT2D eigenvalue weighted by Gasteiger charge is -2.29. The molecule has 0 aromatic heterocycles. The fourth-order valence-electron chi connectivity index (χ4n) is 3.05. The number of carbonyl (C=O) groups excluding carboxylic acids is 2. The number of guanidine groups is 1. The summed E-state index contributed by atoms with van der Waals surface area (Å²) in [4.78, 5) is 32.1. The van der Waals surface area contributed by atoms with Crippen molar-refractivity contribution in [3.63, 3.8) is 0 Å². The molecule has 1 rings (SSSR count). The van der Waals surface area contributed by atoms with Crippen molar-refractivity contribution in [2.75, 3.05) is 47.8 Å². The number of carbonyl (C=O) groups is 2. The molecule has 2 amide bonds. The summed E-state index contributed by atoms with van der Waals surface area (Å²) >= 11 is 0. The van der Waals surface area contributed by atoms with Crippen molar-refractivity contribution in [3.8, 4) is 0 Å². The first kappa shape index (κ1) is 23.9. The van der Waals surface area contributed by atoms with Crippen LogP contribution in [0.4, 0.5) is 0 Å². The van der Waals surface area contributed by atoms with Crippen LogP contribution in [0.15, 0.2) is 4.99 Å². The van der Waals surface area contributed by atoms with Crippen molar-refractivity contribution >= 4 is 41.8 Å². The Labute approximate surface area is 169 Å². The van der Waals surface area contributed by atoms with Gasteiger partial charge in [0.05, 0.1) is 12.0 Å². The molecule has 1 fully saturated rings. The first-order valence-electron chi connectivity index (χ1n) is 8.76. The number of nitrogens with one attached hydrogen (secondary N) is 2. The van der Waals surface area contributed by atoms with Crippen LogP contribution in [0, 0.1) is 5.41 Å². The van der Waals surface area contributed by atoms with Gasteiger partial charge in [-0.25, -0.2) is 0 Å². The van der Waals surface area contributed by atoms with Gasteiger partial charge in [0.25, 0.3) is 0 Å². The summed E-state index contributed by atoms with van der Waals surface area (Å²) in [5, 5.41) is 6.37. The van der Waals surface area contributed by atoms with Crippen LogP contribution in [0.1, 0.15) is 39.0 Å². The van der Waals surface area contributed by atoms with E-state index in [1.165, 1.54) is 0 Å².